The van der Waals surface area contributed by atoms with Gasteiger partial charge in [0.2, 0.25) is 0 Å². The minimum atomic E-state index is -0.222. The molecule has 0 aliphatic heterocycles. The minimum absolute atomic E-state index is 0.130. The molecule has 0 unspecified atom stereocenters. The molecule has 0 saturated carbocycles. The van der Waals surface area contributed by atoms with Gasteiger partial charge in [0.1, 0.15) is 5.82 Å². The van der Waals surface area contributed by atoms with Gasteiger partial charge in [0, 0.05) is 0 Å². The van der Waals surface area contributed by atoms with Gasteiger partial charge in [-0.3, -0.25) is 0 Å². The van der Waals surface area contributed by atoms with Crippen molar-refractivity contribution in [2.45, 2.75) is 18.8 Å². The van der Waals surface area contributed by atoms with E-state index in [1.165, 1.54) is 12.1 Å². The van der Waals surface area contributed by atoms with Crippen LogP contribution in [0.1, 0.15) is 23.5 Å². The third-order valence-electron chi connectivity index (χ3n) is 2.97. The van der Waals surface area contributed by atoms with Gasteiger partial charge in [-0.05, 0) is 36.1 Å². The highest BCUT2D eigenvalue weighted by molar-refractivity contribution is 5.25. The van der Waals surface area contributed by atoms with E-state index in [-0.39, 0.29) is 11.7 Å². The average Bonchev–Trinajstić information content (AvgIpc) is 2.41. The van der Waals surface area contributed by atoms with Gasteiger partial charge in [-0.1, -0.05) is 42.5 Å². The predicted molar refractivity (Wildman–Crippen MR) is 69.5 cm³/mol. The van der Waals surface area contributed by atoms with Gasteiger partial charge >= 0.3 is 0 Å². The minimum Gasteiger partial charge on any atom is -0.207 e. The van der Waals surface area contributed by atoms with E-state index >= 15 is 0 Å². The molecule has 2 aromatic carbocycles. The second kappa shape index (κ2) is 5.97. The molecular formula is C16H14FN. The van der Waals surface area contributed by atoms with Crippen LogP contribution in [0.3, 0.4) is 0 Å². The first kappa shape index (κ1) is 12.3. The zero-order valence-electron chi connectivity index (χ0n) is 10.0. The summed E-state index contributed by atoms with van der Waals surface area (Å²) in [5.74, 6) is -0.352. The zero-order valence-corrected chi connectivity index (χ0v) is 10.0. The smallest absolute Gasteiger partial charge is 0.123 e. The van der Waals surface area contributed by atoms with Crippen LogP contribution < -0.4 is 0 Å². The molecule has 0 saturated heterocycles. The van der Waals surface area contributed by atoms with E-state index in [0.29, 0.717) is 12.8 Å². The van der Waals surface area contributed by atoms with Crippen molar-refractivity contribution in [1.29, 1.82) is 5.26 Å². The molecule has 0 heterocycles. The Morgan fingerprint density at radius 1 is 1.06 bits per heavy atom. The summed E-state index contributed by atoms with van der Waals surface area (Å²) in [6.07, 6.45) is 1.43. The Bertz CT molecular complexity index is 543. The van der Waals surface area contributed by atoms with E-state index in [1.807, 2.05) is 36.4 Å². The first-order valence-corrected chi connectivity index (χ1v) is 5.98. The van der Waals surface area contributed by atoms with Gasteiger partial charge in [-0.15, -0.1) is 0 Å². The van der Waals surface area contributed by atoms with Crippen LogP contribution >= 0.6 is 0 Å². The summed E-state index contributed by atoms with van der Waals surface area (Å²) < 4.78 is 13.0. The topological polar surface area (TPSA) is 23.8 Å². The van der Waals surface area contributed by atoms with Gasteiger partial charge in [-0.2, -0.15) is 5.26 Å². The zero-order chi connectivity index (χ0) is 12.8. The standard InChI is InChI=1S/C16H14FN/c17-16-8-4-5-13(11-16)9-10-15(12-18)14-6-2-1-3-7-14/h1-8,11,15H,9-10H2/t15-/m1/s1. The Kier molecular flexibility index (Phi) is 4.09. The Morgan fingerprint density at radius 3 is 2.50 bits per heavy atom. The lowest BCUT2D eigenvalue weighted by molar-refractivity contribution is 0.623. The summed E-state index contributed by atoms with van der Waals surface area (Å²) in [5.41, 5.74) is 1.96. The van der Waals surface area contributed by atoms with Crippen LogP contribution in [0.25, 0.3) is 0 Å². The van der Waals surface area contributed by atoms with Crippen molar-refractivity contribution in [3.05, 3.63) is 71.5 Å². The van der Waals surface area contributed by atoms with Crippen molar-refractivity contribution in [2.75, 3.05) is 0 Å². The molecule has 2 heteroatoms. The quantitative estimate of drug-likeness (QED) is 0.789. The summed E-state index contributed by atoms with van der Waals surface area (Å²) in [6, 6.07) is 18.6. The Hall–Kier alpha value is -2.14. The van der Waals surface area contributed by atoms with Crippen molar-refractivity contribution in [2.24, 2.45) is 0 Å². The molecule has 0 spiro atoms. The normalized spacial score (nSPS) is 11.8. The number of hydrogen-bond acceptors (Lipinski definition) is 1. The molecule has 0 amide bonds. The molecule has 90 valence electrons. The van der Waals surface area contributed by atoms with Crippen molar-refractivity contribution < 1.29 is 4.39 Å². The predicted octanol–water partition coefficient (Wildman–Crippen LogP) is 4.07. The van der Waals surface area contributed by atoms with E-state index in [9.17, 15) is 9.65 Å². The number of rotatable bonds is 4. The maximum atomic E-state index is 13.0. The fraction of sp³-hybridized carbons (Fsp3) is 0.188. The second-order valence-electron chi connectivity index (χ2n) is 4.26. The Labute approximate surface area is 107 Å². The lowest BCUT2D eigenvalue weighted by atomic mass is 9.94. The van der Waals surface area contributed by atoms with Crippen LogP contribution in [0.4, 0.5) is 4.39 Å². The largest absolute Gasteiger partial charge is 0.207 e. The monoisotopic (exact) mass is 239 g/mol. The third kappa shape index (κ3) is 3.18. The summed E-state index contributed by atoms with van der Waals surface area (Å²) >= 11 is 0. The van der Waals surface area contributed by atoms with E-state index in [1.54, 1.807) is 6.07 Å². The molecule has 1 nitrogen and oxygen atoms in total. The van der Waals surface area contributed by atoms with Gasteiger partial charge in [0.05, 0.1) is 12.0 Å². The number of halogens is 1. The molecule has 2 rings (SSSR count). The fourth-order valence-corrected chi connectivity index (χ4v) is 1.99. The first-order valence-electron chi connectivity index (χ1n) is 5.98. The molecule has 0 fully saturated rings. The highest BCUT2D eigenvalue weighted by Gasteiger charge is 2.10. The van der Waals surface area contributed by atoms with Crippen LogP contribution in [-0.2, 0) is 6.42 Å². The Morgan fingerprint density at radius 2 is 1.83 bits per heavy atom. The van der Waals surface area contributed by atoms with Crippen LogP contribution in [0, 0.1) is 17.1 Å². The van der Waals surface area contributed by atoms with E-state index in [0.717, 1.165) is 11.1 Å². The van der Waals surface area contributed by atoms with Crippen LogP contribution in [0.2, 0.25) is 0 Å². The molecule has 18 heavy (non-hydrogen) atoms. The lowest BCUT2D eigenvalue weighted by Gasteiger charge is -2.09. The Balaban J connectivity index is 2.03. The molecular weight excluding hydrogens is 225 g/mol. The lowest BCUT2D eigenvalue weighted by Crippen LogP contribution is -1.98. The maximum absolute atomic E-state index is 13.0. The molecule has 1 atom stereocenters. The van der Waals surface area contributed by atoms with Gasteiger partial charge in [-0.25, -0.2) is 4.39 Å². The summed E-state index contributed by atoms with van der Waals surface area (Å²) in [7, 11) is 0. The van der Waals surface area contributed by atoms with Gasteiger partial charge in [0.25, 0.3) is 0 Å². The van der Waals surface area contributed by atoms with Crippen LogP contribution in [0.15, 0.2) is 54.6 Å². The van der Waals surface area contributed by atoms with Crippen molar-refractivity contribution in [3.8, 4) is 6.07 Å². The van der Waals surface area contributed by atoms with Gasteiger partial charge < -0.3 is 0 Å². The number of benzene rings is 2. The molecule has 0 aromatic heterocycles. The summed E-state index contributed by atoms with van der Waals surface area (Å²) in [6.45, 7) is 0. The number of aryl methyl sites for hydroxylation is 1. The SMILES string of the molecule is N#C[C@@H](CCc1cccc(F)c1)c1ccccc1. The number of hydrogen-bond donors (Lipinski definition) is 0. The molecule has 0 aliphatic rings. The number of nitrogens with zero attached hydrogens (tertiary/aromatic N) is 1. The van der Waals surface area contributed by atoms with E-state index < -0.39 is 0 Å². The van der Waals surface area contributed by atoms with Gasteiger partial charge in [0.15, 0.2) is 0 Å². The van der Waals surface area contributed by atoms with E-state index in [4.69, 9.17) is 0 Å². The third-order valence-corrected chi connectivity index (χ3v) is 2.97. The molecule has 0 aliphatic carbocycles. The van der Waals surface area contributed by atoms with Crippen LogP contribution in [0.5, 0.6) is 0 Å². The summed E-state index contributed by atoms with van der Waals surface area (Å²) in [5, 5.41) is 9.19. The molecule has 0 N–H and O–H groups in total. The summed E-state index contributed by atoms with van der Waals surface area (Å²) in [4.78, 5) is 0. The van der Waals surface area contributed by atoms with Crippen LogP contribution in [-0.4, -0.2) is 0 Å². The molecule has 2 aromatic rings. The highest BCUT2D eigenvalue weighted by Crippen LogP contribution is 2.21. The van der Waals surface area contributed by atoms with Crippen molar-refractivity contribution >= 4 is 0 Å². The highest BCUT2D eigenvalue weighted by atomic mass is 19.1. The fourth-order valence-electron chi connectivity index (χ4n) is 1.99. The number of nitriles is 1. The molecule has 0 radical (unpaired) electrons. The van der Waals surface area contributed by atoms with E-state index in [2.05, 4.69) is 6.07 Å². The van der Waals surface area contributed by atoms with Crippen molar-refractivity contribution in [3.63, 3.8) is 0 Å². The average molecular weight is 239 g/mol. The van der Waals surface area contributed by atoms with Crippen molar-refractivity contribution in [1.82, 2.24) is 0 Å². The molecule has 0 bridgehead atoms. The maximum Gasteiger partial charge on any atom is 0.123 e. The first-order chi connectivity index (χ1) is 8.79. The second-order valence-corrected chi connectivity index (χ2v) is 4.26.